The summed E-state index contributed by atoms with van der Waals surface area (Å²) in [4.78, 5) is 12.5. The highest BCUT2D eigenvalue weighted by Crippen LogP contribution is 2.27. The maximum atomic E-state index is 12.5. The van der Waals surface area contributed by atoms with E-state index in [2.05, 4.69) is 11.9 Å². The van der Waals surface area contributed by atoms with Gasteiger partial charge < -0.3 is 15.2 Å². The number of nitrogens with one attached hydrogen (secondary N) is 1. The average Bonchev–Trinajstić information content (AvgIpc) is 2.55. The van der Waals surface area contributed by atoms with Crippen LogP contribution in [0.5, 0.6) is 5.75 Å². The summed E-state index contributed by atoms with van der Waals surface area (Å²) in [6, 6.07) is 7.41. The van der Waals surface area contributed by atoms with Crippen LogP contribution in [0.25, 0.3) is 0 Å². The van der Waals surface area contributed by atoms with Crippen molar-refractivity contribution >= 4 is 5.91 Å². The Morgan fingerprint density at radius 1 is 1.25 bits per heavy atom. The summed E-state index contributed by atoms with van der Waals surface area (Å²) >= 11 is 0. The van der Waals surface area contributed by atoms with E-state index in [9.17, 15) is 9.90 Å². The van der Waals surface area contributed by atoms with E-state index in [0.717, 1.165) is 37.0 Å². The number of benzene rings is 1. The predicted molar refractivity (Wildman–Crippen MR) is 96.1 cm³/mol. The second-order valence-electron chi connectivity index (χ2n) is 6.90. The largest absolute Gasteiger partial charge is 0.513 e. The molecule has 1 fully saturated rings. The molecular weight excluding hydrogens is 302 g/mol. The molecule has 0 radical (unpaired) electrons. The van der Waals surface area contributed by atoms with Gasteiger partial charge in [-0.15, -0.1) is 0 Å². The monoisotopic (exact) mass is 331 g/mol. The van der Waals surface area contributed by atoms with Crippen molar-refractivity contribution < 1.29 is 14.6 Å². The standard InChI is InChI=1S/C20H29NO3/c1-14(2)24-18-11-9-16(10-12-18)19(13-15(3)22)21-20(23)17-7-5-4-6-8-17/h9-12,14,17,19,22H,3-8,13H2,1-2H3,(H,21,23). The Bertz CT molecular complexity index is 545. The molecule has 0 spiro atoms. The molecule has 4 heteroatoms. The molecule has 1 aromatic rings. The summed E-state index contributed by atoms with van der Waals surface area (Å²) in [7, 11) is 0. The van der Waals surface area contributed by atoms with Crippen LogP contribution in [0.1, 0.15) is 64.0 Å². The van der Waals surface area contributed by atoms with E-state index >= 15 is 0 Å². The molecule has 1 unspecified atom stereocenters. The molecule has 0 saturated heterocycles. The van der Waals surface area contributed by atoms with Crippen molar-refractivity contribution in [2.45, 2.75) is 64.5 Å². The van der Waals surface area contributed by atoms with Gasteiger partial charge in [-0.2, -0.15) is 0 Å². The highest BCUT2D eigenvalue weighted by Gasteiger charge is 2.24. The first-order valence-electron chi connectivity index (χ1n) is 8.89. The van der Waals surface area contributed by atoms with E-state index in [1.54, 1.807) is 0 Å². The van der Waals surface area contributed by atoms with Crippen LogP contribution in [0.2, 0.25) is 0 Å². The van der Waals surface area contributed by atoms with E-state index in [1.807, 2.05) is 38.1 Å². The van der Waals surface area contributed by atoms with Gasteiger partial charge in [-0.1, -0.05) is 38.0 Å². The fourth-order valence-electron chi connectivity index (χ4n) is 3.19. The van der Waals surface area contributed by atoms with Gasteiger partial charge in [0.25, 0.3) is 0 Å². The second kappa shape index (κ2) is 8.76. The van der Waals surface area contributed by atoms with Crippen LogP contribution < -0.4 is 10.1 Å². The first kappa shape index (κ1) is 18.4. The second-order valence-corrected chi connectivity index (χ2v) is 6.90. The van der Waals surface area contributed by atoms with Crippen molar-refractivity contribution in [2.24, 2.45) is 5.92 Å². The van der Waals surface area contributed by atoms with E-state index in [4.69, 9.17) is 4.74 Å². The lowest BCUT2D eigenvalue weighted by Crippen LogP contribution is -2.35. The molecule has 0 aromatic heterocycles. The zero-order valence-corrected chi connectivity index (χ0v) is 14.8. The number of amides is 1. The molecule has 1 aliphatic carbocycles. The third-order valence-electron chi connectivity index (χ3n) is 4.39. The summed E-state index contributed by atoms with van der Waals surface area (Å²) in [5.41, 5.74) is 0.950. The number of carbonyl (C=O) groups excluding carboxylic acids is 1. The lowest BCUT2D eigenvalue weighted by atomic mass is 9.88. The van der Waals surface area contributed by atoms with E-state index in [1.165, 1.54) is 6.42 Å². The Morgan fingerprint density at radius 2 is 1.88 bits per heavy atom. The zero-order valence-electron chi connectivity index (χ0n) is 14.8. The Hall–Kier alpha value is -1.97. The maximum Gasteiger partial charge on any atom is 0.223 e. The summed E-state index contributed by atoms with van der Waals surface area (Å²) in [5.74, 6) is 1.06. The number of aliphatic hydroxyl groups is 1. The molecular formula is C20H29NO3. The molecule has 0 heterocycles. The maximum absolute atomic E-state index is 12.5. The molecule has 0 aliphatic heterocycles. The molecule has 2 N–H and O–H groups in total. The van der Waals surface area contributed by atoms with Crippen LogP contribution in [0.3, 0.4) is 0 Å². The van der Waals surface area contributed by atoms with Gasteiger partial charge in [-0.05, 0) is 44.4 Å². The molecule has 24 heavy (non-hydrogen) atoms. The van der Waals surface area contributed by atoms with Gasteiger partial charge in [0.2, 0.25) is 5.91 Å². The fraction of sp³-hybridized carbons (Fsp3) is 0.550. The molecule has 1 aromatic carbocycles. The van der Waals surface area contributed by atoms with Gasteiger partial charge >= 0.3 is 0 Å². The van der Waals surface area contributed by atoms with Gasteiger partial charge in [0, 0.05) is 12.3 Å². The molecule has 1 amide bonds. The first-order chi connectivity index (χ1) is 11.5. The van der Waals surface area contributed by atoms with E-state index < -0.39 is 0 Å². The van der Waals surface area contributed by atoms with Crippen LogP contribution in [0, 0.1) is 5.92 Å². The number of hydrogen-bond donors (Lipinski definition) is 2. The highest BCUT2D eigenvalue weighted by atomic mass is 16.5. The minimum atomic E-state index is -0.259. The van der Waals surface area contributed by atoms with Crippen molar-refractivity contribution in [1.29, 1.82) is 0 Å². The quantitative estimate of drug-likeness (QED) is 0.714. The SMILES string of the molecule is C=C(O)CC(NC(=O)C1CCCCC1)c1ccc(OC(C)C)cc1. The summed E-state index contributed by atoms with van der Waals surface area (Å²) in [6.45, 7) is 7.54. The van der Waals surface area contributed by atoms with Crippen molar-refractivity contribution in [3.63, 3.8) is 0 Å². The number of rotatable bonds is 7. The number of ether oxygens (including phenoxy) is 1. The van der Waals surface area contributed by atoms with Crippen LogP contribution in [-0.4, -0.2) is 17.1 Å². The van der Waals surface area contributed by atoms with Gasteiger partial charge in [0.1, 0.15) is 5.75 Å². The first-order valence-corrected chi connectivity index (χ1v) is 8.89. The molecule has 1 aliphatic rings. The molecule has 132 valence electrons. The average molecular weight is 331 g/mol. The van der Waals surface area contributed by atoms with Crippen LogP contribution in [0.4, 0.5) is 0 Å². The van der Waals surface area contributed by atoms with Crippen LogP contribution >= 0.6 is 0 Å². The topological polar surface area (TPSA) is 58.6 Å². The highest BCUT2D eigenvalue weighted by molar-refractivity contribution is 5.79. The molecule has 1 atom stereocenters. The summed E-state index contributed by atoms with van der Waals surface area (Å²) < 4.78 is 5.65. The Balaban J connectivity index is 2.06. The van der Waals surface area contributed by atoms with Crippen LogP contribution in [0.15, 0.2) is 36.6 Å². The Morgan fingerprint density at radius 3 is 2.42 bits per heavy atom. The zero-order chi connectivity index (χ0) is 17.5. The molecule has 1 saturated carbocycles. The van der Waals surface area contributed by atoms with E-state index in [-0.39, 0.29) is 29.7 Å². The smallest absolute Gasteiger partial charge is 0.223 e. The number of aliphatic hydroxyl groups excluding tert-OH is 1. The molecule has 4 nitrogen and oxygen atoms in total. The van der Waals surface area contributed by atoms with Gasteiger partial charge in [-0.3, -0.25) is 4.79 Å². The Kier molecular flexibility index (Phi) is 6.71. The van der Waals surface area contributed by atoms with Crippen molar-refractivity contribution in [2.75, 3.05) is 0 Å². The van der Waals surface area contributed by atoms with Crippen molar-refractivity contribution in [3.05, 3.63) is 42.2 Å². The normalized spacial score (nSPS) is 16.6. The summed E-state index contributed by atoms with van der Waals surface area (Å²) in [5, 5.41) is 12.7. The fourth-order valence-corrected chi connectivity index (χ4v) is 3.19. The van der Waals surface area contributed by atoms with Crippen molar-refractivity contribution in [3.8, 4) is 5.75 Å². The van der Waals surface area contributed by atoms with Crippen molar-refractivity contribution in [1.82, 2.24) is 5.32 Å². The van der Waals surface area contributed by atoms with Gasteiger partial charge in [0.05, 0.1) is 17.9 Å². The number of carbonyl (C=O) groups is 1. The van der Waals surface area contributed by atoms with E-state index in [0.29, 0.717) is 6.42 Å². The number of hydrogen-bond acceptors (Lipinski definition) is 3. The van der Waals surface area contributed by atoms with Crippen LogP contribution in [-0.2, 0) is 4.79 Å². The molecule has 0 bridgehead atoms. The van der Waals surface area contributed by atoms with Gasteiger partial charge in [-0.25, -0.2) is 0 Å². The van der Waals surface area contributed by atoms with Gasteiger partial charge in [0.15, 0.2) is 0 Å². The lowest BCUT2D eigenvalue weighted by molar-refractivity contribution is -0.126. The third kappa shape index (κ3) is 5.59. The third-order valence-corrected chi connectivity index (χ3v) is 4.39. The minimum Gasteiger partial charge on any atom is -0.513 e. The summed E-state index contributed by atoms with van der Waals surface area (Å²) in [6.07, 6.45) is 5.82. The Labute approximate surface area is 144 Å². The predicted octanol–water partition coefficient (Wildman–Crippen LogP) is 4.67. The minimum absolute atomic E-state index is 0.0754. The molecule has 2 rings (SSSR count). The lowest BCUT2D eigenvalue weighted by Gasteiger charge is -2.25.